The number of hydrogen-bond acceptors (Lipinski definition) is 3. The fourth-order valence-electron chi connectivity index (χ4n) is 5.30. The van der Waals surface area contributed by atoms with Crippen molar-refractivity contribution in [2.24, 2.45) is 28.3 Å². The zero-order valence-corrected chi connectivity index (χ0v) is 21.4. The van der Waals surface area contributed by atoms with E-state index in [1.165, 1.54) is 11.1 Å². The molecule has 4 rings (SSSR count). The van der Waals surface area contributed by atoms with Crippen LogP contribution in [0.15, 0.2) is 89.9 Å². The van der Waals surface area contributed by atoms with Crippen LogP contribution in [0.3, 0.4) is 0 Å². The number of amides is 1. The van der Waals surface area contributed by atoms with Gasteiger partial charge in [0.05, 0.1) is 0 Å². The summed E-state index contributed by atoms with van der Waals surface area (Å²) < 4.78 is 0. The molecule has 1 fully saturated rings. The Morgan fingerprint density at radius 2 is 1.43 bits per heavy atom. The molecule has 194 valence electrons. The van der Waals surface area contributed by atoms with Crippen LogP contribution in [-0.2, 0) is 11.2 Å². The summed E-state index contributed by atoms with van der Waals surface area (Å²) in [6, 6.07) is 28.2. The molecule has 6 nitrogen and oxygen atoms in total. The molecular weight excluding hydrogens is 460 g/mol. The van der Waals surface area contributed by atoms with Crippen molar-refractivity contribution in [3.63, 3.8) is 0 Å². The monoisotopic (exact) mass is 498 g/mol. The summed E-state index contributed by atoms with van der Waals surface area (Å²) >= 11 is 0. The summed E-state index contributed by atoms with van der Waals surface area (Å²) in [5, 5.41) is 9.67. The minimum Gasteiger partial charge on any atom is -0.508 e. The zero-order valence-electron chi connectivity index (χ0n) is 21.4. The predicted octanol–water partition coefficient (Wildman–Crippen LogP) is 4.68. The lowest BCUT2D eigenvalue weighted by atomic mass is 9.81. The SMILES string of the molecule is NC(N)=NCC1CCC(C(=O)N(CCc2ccc(O)cc2)CC(c2ccccc2)c2ccccc2)CC1. The Morgan fingerprint density at radius 3 is 1.97 bits per heavy atom. The van der Waals surface area contributed by atoms with Crippen molar-refractivity contribution >= 4 is 11.9 Å². The Balaban J connectivity index is 1.53. The van der Waals surface area contributed by atoms with E-state index in [2.05, 4.69) is 58.4 Å². The number of guanidine groups is 1. The number of phenols is 1. The van der Waals surface area contributed by atoms with E-state index >= 15 is 0 Å². The van der Waals surface area contributed by atoms with Crippen LogP contribution in [0.5, 0.6) is 5.75 Å². The van der Waals surface area contributed by atoms with E-state index in [9.17, 15) is 9.90 Å². The van der Waals surface area contributed by atoms with Gasteiger partial charge in [-0.3, -0.25) is 9.79 Å². The van der Waals surface area contributed by atoms with Gasteiger partial charge in [-0.15, -0.1) is 0 Å². The van der Waals surface area contributed by atoms with Gasteiger partial charge in [-0.2, -0.15) is 0 Å². The van der Waals surface area contributed by atoms with Gasteiger partial charge in [0.1, 0.15) is 5.75 Å². The van der Waals surface area contributed by atoms with Crippen LogP contribution in [-0.4, -0.2) is 41.5 Å². The quantitative estimate of drug-likeness (QED) is 0.279. The van der Waals surface area contributed by atoms with Crippen LogP contribution < -0.4 is 11.5 Å². The van der Waals surface area contributed by atoms with Gasteiger partial charge in [-0.1, -0.05) is 72.8 Å². The van der Waals surface area contributed by atoms with E-state index < -0.39 is 0 Å². The largest absolute Gasteiger partial charge is 0.508 e. The Bertz CT molecular complexity index is 1100. The number of carbonyl (C=O) groups is 1. The molecule has 6 heteroatoms. The maximum atomic E-state index is 14.0. The Labute approximate surface area is 220 Å². The first-order valence-corrected chi connectivity index (χ1v) is 13.2. The van der Waals surface area contributed by atoms with Crippen LogP contribution in [0, 0.1) is 11.8 Å². The van der Waals surface area contributed by atoms with Crippen LogP contribution in [0.1, 0.15) is 48.3 Å². The molecule has 0 aromatic heterocycles. The van der Waals surface area contributed by atoms with E-state index in [1.807, 2.05) is 24.3 Å². The molecule has 0 bridgehead atoms. The first-order valence-electron chi connectivity index (χ1n) is 13.2. The molecular formula is C31H38N4O2. The minimum absolute atomic E-state index is 0.0162. The van der Waals surface area contributed by atoms with Crippen LogP contribution in [0.4, 0.5) is 0 Å². The van der Waals surface area contributed by atoms with E-state index in [1.54, 1.807) is 12.1 Å². The van der Waals surface area contributed by atoms with Gasteiger partial charge < -0.3 is 21.5 Å². The molecule has 1 aliphatic carbocycles. The van der Waals surface area contributed by atoms with Crippen molar-refractivity contribution in [2.45, 2.75) is 38.0 Å². The lowest BCUT2D eigenvalue weighted by molar-refractivity contribution is -0.137. The first-order chi connectivity index (χ1) is 18.0. The van der Waals surface area contributed by atoms with Gasteiger partial charge in [-0.05, 0) is 66.8 Å². The number of nitrogens with zero attached hydrogens (tertiary/aromatic N) is 2. The minimum atomic E-state index is 0.0162. The Hall–Kier alpha value is -3.80. The van der Waals surface area contributed by atoms with Crippen molar-refractivity contribution in [1.29, 1.82) is 0 Å². The maximum Gasteiger partial charge on any atom is 0.225 e. The molecule has 0 saturated heterocycles. The molecule has 0 aliphatic heterocycles. The van der Waals surface area contributed by atoms with Crippen molar-refractivity contribution in [1.82, 2.24) is 4.90 Å². The number of aliphatic imine (C=N–C) groups is 1. The van der Waals surface area contributed by atoms with E-state index in [-0.39, 0.29) is 29.5 Å². The highest BCUT2D eigenvalue weighted by molar-refractivity contribution is 5.79. The normalized spacial score (nSPS) is 17.3. The number of aromatic hydroxyl groups is 1. The number of phenolic OH excluding ortho intramolecular Hbond substituents is 1. The van der Waals surface area contributed by atoms with Crippen molar-refractivity contribution < 1.29 is 9.90 Å². The second-order valence-electron chi connectivity index (χ2n) is 10.1. The van der Waals surface area contributed by atoms with Crippen LogP contribution in [0.2, 0.25) is 0 Å². The predicted molar refractivity (Wildman–Crippen MR) is 149 cm³/mol. The highest BCUT2D eigenvalue weighted by Crippen LogP contribution is 2.32. The van der Waals surface area contributed by atoms with Gasteiger partial charge >= 0.3 is 0 Å². The van der Waals surface area contributed by atoms with Crippen molar-refractivity contribution in [3.8, 4) is 5.75 Å². The van der Waals surface area contributed by atoms with E-state index in [0.717, 1.165) is 37.7 Å². The number of benzene rings is 3. The standard InChI is InChI=1S/C31H38N4O2/c32-31(33)34-21-24-11-15-27(16-12-24)30(37)35(20-19-23-13-17-28(36)18-14-23)22-29(25-7-3-1-4-8-25)26-9-5-2-6-10-26/h1-10,13-14,17-18,24,27,29,36H,11-12,15-16,19-22H2,(H4,32,33,34). The molecule has 1 saturated carbocycles. The third-order valence-corrected chi connectivity index (χ3v) is 7.45. The van der Waals surface area contributed by atoms with E-state index in [4.69, 9.17) is 11.5 Å². The smallest absolute Gasteiger partial charge is 0.225 e. The second-order valence-corrected chi connectivity index (χ2v) is 10.1. The topological polar surface area (TPSA) is 105 Å². The van der Waals surface area contributed by atoms with Gasteiger partial charge in [0, 0.05) is 31.5 Å². The molecule has 3 aromatic carbocycles. The third-order valence-electron chi connectivity index (χ3n) is 7.45. The molecule has 1 amide bonds. The molecule has 0 atom stereocenters. The van der Waals surface area contributed by atoms with Crippen molar-refractivity contribution in [3.05, 3.63) is 102 Å². The van der Waals surface area contributed by atoms with E-state index in [0.29, 0.717) is 25.6 Å². The third kappa shape index (κ3) is 7.59. The number of hydrogen-bond donors (Lipinski definition) is 3. The molecule has 0 spiro atoms. The van der Waals surface area contributed by atoms with Gasteiger partial charge in [-0.25, -0.2) is 0 Å². The number of nitrogens with two attached hydrogens (primary N) is 2. The summed E-state index contributed by atoms with van der Waals surface area (Å²) in [5.74, 6) is 1.15. The average Bonchev–Trinajstić information content (AvgIpc) is 2.94. The number of carbonyl (C=O) groups excluding carboxylic acids is 1. The van der Waals surface area contributed by atoms with Gasteiger partial charge in [0.2, 0.25) is 5.91 Å². The van der Waals surface area contributed by atoms with Gasteiger partial charge in [0.15, 0.2) is 5.96 Å². The average molecular weight is 499 g/mol. The Kier molecular flexibility index (Phi) is 9.19. The van der Waals surface area contributed by atoms with Crippen molar-refractivity contribution in [2.75, 3.05) is 19.6 Å². The fraction of sp³-hybridized carbons (Fsp3) is 0.355. The lowest BCUT2D eigenvalue weighted by Crippen LogP contribution is -2.41. The molecule has 0 radical (unpaired) electrons. The lowest BCUT2D eigenvalue weighted by Gasteiger charge is -2.34. The summed E-state index contributed by atoms with van der Waals surface area (Å²) in [4.78, 5) is 20.2. The van der Waals surface area contributed by atoms with Gasteiger partial charge in [0.25, 0.3) is 0 Å². The first kappa shape index (κ1) is 26.3. The molecule has 37 heavy (non-hydrogen) atoms. The zero-order chi connectivity index (χ0) is 26.0. The maximum absolute atomic E-state index is 14.0. The summed E-state index contributed by atoms with van der Waals surface area (Å²) in [6.45, 7) is 1.89. The summed E-state index contributed by atoms with van der Waals surface area (Å²) in [6.07, 6.45) is 4.38. The molecule has 3 aromatic rings. The highest BCUT2D eigenvalue weighted by atomic mass is 16.3. The van der Waals surface area contributed by atoms with Crippen LogP contribution in [0.25, 0.3) is 0 Å². The molecule has 0 unspecified atom stereocenters. The molecule has 5 N–H and O–H groups in total. The Morgan fingerprint density at radius 1 is 0.865 bits per heavy atom. The summed E-state index contributed by atoms with van der Waals surface area (Å²) in [5.41, 5.74) is 14.5. The second kappa shape index (κ2) is 12.9. The highest BCUT2D eigenvalue weighted by Gasteiger charge is 2.31. The molecule has 0 heterocycles. The summed E-state index contributed by atoms with van der Waals surface area (Å²) in [7, 11) is 0. The fourth-order valence-corrected chi connectivity index (χ4v) is 5.30. The number of rotatable bonds is 10. The van der Waals surface area contributed by atoms with Crippen LogP contribution >= 0.6 is 0 Å². The molecule has 1 aliphatic rings.